The Bertz CT molecular complexity index is 448. The van der Waals surface area contributed by atoms with Crippen molar-refractivity contribution in [3.63, 3.8) is 0 Å². The molecule has 0 aliphatic carbocycles. The highest BCUT2D eigenvalue weighted by Gasteiger charge is 2.32. The molecule has 0 N–H and O–H groups in total. The van der Waals surface area contributed by atoms with Gasteiger partial charge in [-0.3, -0.25) is 0 Å². The molecular weight excluding hydrogens is 354 g/mol. The number of halogens is 4. The molecule has 0 fully saturated rings. The van der Waals surface area contributed by atoms with E-state index in [0.717, 1.165) is 13.3 Å². The van der Waals surface area contributed by atoms with Gasteiger partial charge >= 0.3 is 12.3 Å². The first-order chi connectivity index (χ1) is 7.76. The zero-order valence-corrected chi connectivity index (χ0v) is 10.9. The standard InChI is InChI=1S/C9H7F3INO3/c1-4-5(17-9(10,11)12)3-14-7(6(4)13)8(15)16-2/h3H,1-2H3. The third kappa shape index (κ3) is 3.45. The molecule has 0 aliphatic rings. The first kappa shape index (κ1) is 14.0. The zero-order chi connectivity index (χ0) is 13.2. The molecule has 0 radical (unpaired) electrons. The van der Waals surface area contributed by atoms with Crippen molar-refractivity contribution in [3.8, 4) is 5.75 Å². The van der Waals surface area contributed by atoms with E-state index in [1.54, 1.807) is 22.6 Å². The van der Waals surface area contributed by atoms with E-state index in [4.69, 9.17) is 0 Å². The Balaban J connectivity index is 3.15. The summed E-state index contributed by atoms with van der Waals surface area (Å²) in [6.45, 7) is 1.40. The lowest BCUT2D eigenvalue weighted by molar-refractivity contribution is -0.275. The van der Waals surface area contributed by atoms with Gasteiger partial charge in [0.15, 0.2) is 11.4 Å². The van der Waals surface area contributed by atoms with Gasteiger partial charge in [0.05, 0.1) is 16.9 Å². The first-order valence-corrected chi connectivity index (χ1v) is 5.33. The van der Waals surface area contributed by atoms with Crippen LogP contribution in [0.15, 0.2) is 6.20 Å². The summed E-state index contributed by atoms with van der Waals surface area (Å²) in [5.41, 5.74) is 0.137. The van der Waals surface area contributed by atoms with Gasteiger partial charge in [-0.15, -0.1) is 13.2 Å². The molecule has 1 aromatic rings. The van der Waals surface area contributed by atoms with Crippen molar-refractivity contribution >= 4 is 28.6 Å². The molecule has 0 saturated carbocycles. The first-order valence-electron chi connectivity index (χ1n) is 4.25. The number of carbonyl (C=O) groups is 1. The molecule has 8 heteroatoms. The Morgan fingerprint density at radius 3 is 2.53 bits per heavy atom. The van der Waals surface area contributed by atoms with Gasteiger partial charge in [-0.2, -0.15) is 0 Å². The number of hydrogen-bond donors (Lipinski definition) is 0. The fraction of sp³-hybridized carbons (Fsp3) is 0.333. The summed E-state index contributed by atoms with van der Waals surface area (Å²) in [5.74, 6) is -1.15. The number of esters is 1. The van der Waals surface area contributed by atoms with Gasteiger partial charge in [-0.05, 0) is 29.5 Å². The van der Waals surface area contributed by atoms with Gasteiger partial charge in [0.25, 0.3) is 0 Å². The van der Waals surface area contributed by atoms with E-state index in [9.17, 15) is 18.0 Å². The van der Waals surface area contributed by atoms with Crippen LogP contribution < -0.4 is 4.74 Å². The van der Waals surface area contributed by atoms with Crippen LogP contribution in [0.2, 0.25) is 0 Å². The average Bonchev–Trinajstić information content (AvgIpc) is 2.22. The molecule has 17 heavy (non-hydrogen) atoms. The zero-order valence-electron chi connectivity index (χ0n) is 8.76. The highest BCUT2D eigenvalue weighted by atomic mass is 127. The van der Waals surface area contributed by atoms with E-state index >= 15 is 0 Å². The molecule has 0 unspecified atom stereocenters. The number of carbonyl (C=O) groups excluding carboxylic acids is 1. The third-order valence-electron chi connectivity index (χ3n) is 1.82. The molecule has 0 atom stereocenters. The van der Waals surface area contributed by atoms with E-state index in [1.165, 1.54) is 6.92 Å². The largest absolute Gasteiger partial charge is 0.573 e. The van der Waals surface area contributed by atoms with E-state index in [0.29, 0.717) is 0 Å². The van der Waals surface area contributed by atoms with Crippen LogP contribution in [0, 0.1) is 10.5 Å². The van der Waals surface area contributed by atoms with Crippen molar-refractivity contribution in [2.24, 2.45) is 0 Å². The number of aromatic nitrogens is 1. The van der Waals surface area contributed by atoms with Crippen molar-refractivity contribution in [1.29, 1.82) is 0 Å². The Morgan fingerprint density at radius 1 is 1.47 bits per heavy atom. The van der Waals surface area contributed by atoms with Gasteiger partial charge in [-0.25, -0.2) is 9.78 Å². The van der Waals surface area contributed by atoms with Crippen LogP contribution in [0.4, 0.5) is 13.2 Å². The predicted molar refractivity (Wildman–Crippen MR) is 59.7 cm³/mol. The van der Waals surface area contributed by atoms with Crippen LogP contribution in [0.1, 0.15) is 16.1 Å². The maximum Gasteiger partial charge on any atom is 0.573 e. The van der Waals surface area contributed by atoms with Crippen molar-refractivity contribution < 1.29 is 27.4 Å². The Labute approximate surface area is 108 Å². The van der Waals surface area contributed by atoms with Gasteiger partial charge < -0.3 is 9.47 Å². The summed E-state index contributed by atoms with van der Waals surface area (Å²) in [6, 6.07) is 0. The number of ether oxygens (including phenoxy) is 2. The van der Waals surface area contributed by atoms with E-state index in [2.05, 4.69) is 14.5 Å². The van der Waals surface area contributed by atoms with Gasteiger partial charge in [0.1, 0.15) is 0 Å². The maximum atomic E-state index is 12.0. The van der Waals surface area contributed by atoms with Crippen molar-refractivity contribution in [2.75, 3.05) is 7.11 Å². The molecule has 0 aliphatic heterocycles. The number of nitrogens with zero attached hydrogens (tertiary/aromatic N) is 1. The third-order valence-corrected chi connectivity index (χ3v) is 3.14. The van der Waals surface area contributed by atoms with Crippen LogP contribution in [0.5, 0.6) is 5.75 Å². The molecule has 94 valence electrons. The smallest absolute Gasteiger partial charge is 0.464 e. The van der Waals surface area contributed by atoms with Crippen molar-refractivity contribution in [2.45, 2.75) is 13.3 Å². The van der Waals surface area contributed by atoms with Crippen LogP contribution in [-0.2, 0) is 4.74 Å². The fourth-order valence-electron chi connectivity index (χ4n) is 1.03. The lowest BCUT2D eigenvalue weighted by Gasteiger charge is -2.13. The van der Waals surface area contributed by atoms with E-state index in [-0.39, 0.29) is 14.8 Å². The molecule has 4 nitrogen and oxygen atoms in total. The maximum absolute atomic E-state index is 12.0. The highest BCUT2D eigenvalue weighted by molar-refractivity contribution is 14.1. The monoisotopic (exact) mass is 361 g/mol. The van der Waals surface area contributed by atoms with E-state index < -0.39 is 18.1 Å². The Kier molecular flexibility index (Phi) is 4.17. The molecule has 0 amide bonds. The van der Waals surface area contributed by atoms with Crippen LogP contribution in [-0.4, -0.2) is 24.4 Å². The van der Waals surface area contributed by atoms with Crippen LogP contribution >= 0.6 is 22.6 Å². The van der Waals surface area contributed by atoms with Gasteiger partial charge in [0, 0.05) is 5.56 Å². The van der Waals surface area contributed by atoms with Crippen LogP contribution in [0.25, 0.3) is 0 Å². The normalized spacial score (nSPS) is 11.2. The van der Waals surface area contributed by atoms with Crippen molar-refractivity contribution in [3.05, 3.63) is 21.0 Å². The summed E-state index contributed by atoms with van der Waals surface area (Å²) in [6.07, 6.45) is -3.94. The summed E-state index contributed by atoms with van der Waals surface area (Å²) in [7, 11) is 1.16. The second-order valence-corrected chi connectivity index (χ2v) is 4.03. The lowest BCUT2D eigenvalue weighted by Crippen LogP contribution is -2.19. The highest BCUT2D eigenvalue weighted by Crippen LogP contribution is 2.29. The Morgan fingerprint density at radius 2 is 2.06 bits per heavy atom. The molecule has 1 rings (SSSR count). The fourth-order valence-corrected chi connectivity index (χ4v) is 1.65. The quantitative estimate of drug-likeness (QED) is 0.601. The molecular formula is C9H7F3INO3. The number of hydrogen-bond acceptors (Lipinski definition) is 4. The second kappa shape index (κ2) is 5.07. The minimum absolute atomic E-state index is 0.0416. The Hall–Kier alpha value is -1.06. The SMILES string of the molecule is COC(=O)c1ncc(OC(F)(F)F)c(C)c1I. The molecule has 1 aromatic heterocycles. The summed E-state index contributed by atoms with van der Waals surface area (Å²) in [4.78, 5) is 14.8. The summed E-state index contributed by atoms with van der Waals surface area (Å²) >= 11 is 1.71. The minimum Gasteiger partial charge on any atom is -0.464 e. The van der Waals surface area contributed by atoms with Gasteiger partial charge in [0.2, 0.25) is 0 Å². The summed E-state index contributed by atoms with van der Waals surface area (Å²) in [5, 5.41) is 0. The summed E-state index contributed by atoms with van der Waals surface area (Å²) < 4.78 is 44.6. The molecule has 0 aromatic carbocycles. The average molecular weight is 361 g/mol. The molecule has 0 bridgehead atoms. The van der Waals surface area contributed by atoms with Crippen LogP contribution in [0.3, 0.4) is 0 Å². The number of methoxy groups -OCH3 is 1. The lowest BCUT2D eigenvalue weighted by atomic mass is 10.2. The molecule has 0 spiro atoms. The topological polar surface area (TPSA) is 48.4 Å². The van der Waals surface area contributed by atoms with Gasteiger partial charge in [-0.1, -0.05) is 0 Å². The number of alkyl halides is 3. The number of rotatable bonds is 2. The second-order valence-electron chi connectivity index (χ2n) is 2.95. The van der Waals surface area contributed by atoms with Crippen molar-refractivity contribution in [1.82, 2.24) is 4.98 Å². The molecule has 0 saturated heterocycles. The molecule has 1 heterocycles. The van der Waals surface area contributed by atoms with E-state index in [1.807, 2.05) is 0 Å². The predicted octanol–water partition coefficient (Wildman–Crippen LogP) is 2.68. The number of pyridine rings is 1. The minimum atomic E-state index is -4.79.